The molecule has 0 spiro atoms. The highest BCUT2D eigenvalue weighted by Gasteiger charge is 2.31. The molecule has 1 aromatic heterocycles. The van der Waals surface area contributed by atoms with Gasteiger partial charge in [0.1, 0.15) is 24.0 Å². The molecule has 0 aliphatic carbocycles. The summed E-state index contributed by atoms with van der Waals surface area (Å²) in [5.41, 5.74) is 0.417. The number of carbonyl (C=O) groups is 1. The van der Waals surface area contributed by atoms with Gasteiger partial charge in [-0.3, -0.25) is 0 Å². The van der Waals surface area contributed by atoms with Gasteiger partial charge in [-0.25, -0.2) is 14.8 Å². The number of alkyl carbamates (subject to hydrolysis) is 1. The van der Waals surface area contributed by atoms with Crippen LogP contribution in [-0.2, 0) is 4.74 Å². The van der Waals surface area contributed by atoms with Crippen molar-refractivity contribution in [2.24, 2.45) is 5.92 Å². The number of rotatable bonds is 7. The van der Waals surface area contributed by atoms with Gasteiger partial charge in [0.2, 0.25) is 5.28 Å². The van der Waals surface area contributed by atoms with Crippen LogP contribution >= 0.6 is 11.6 Å². The van der Waals surface area contributed by atoms with Gasteiger partial charge in [-0.05, 0) is 75.9 Å². The summed E-state index contributed by atoms with van der Waals surface area (Å²) >= 11 is 5.87. The van der Waals surface area contributed by atoms with Crippen LogP contribution < -0.4 is 10.1 Å². The maximum Gasteiger partial charge on any atom is 0.408 e. The smallest absolute Gasteiger partial charge is 0.408 e. The highest BCUT2D eigenvalue weighted by molar-refractivity contribution is 6.28. The summed E-state index contributed by atoms with van der Waals surface area (Å²) in [6, 6.07) is 9.08. The fourth-order valence-electron chi connectivity index (χ4n) is 3.23. The van der Waals surface area contributed by atoms with Crippen molar-refractivity contribution in [1.82, 2.24) is 15.3 Å². The summed E-state index contributed by atoms with van der Waals surface area (Å²) in [5, 5.41) is 12.7. The molecule has 1 amide bonds. The Bertz CT molecular complexity index is 966. The number of ether oxygens (including phenoxy) is 2. The van der Waals surface area contributed by atoms with Gasteiger partial charge in [0.25, 0.3) is 0 Å². The van der Waals surface area contributed by atoms with Gasteiger partial charge in [-0.1, -0.05) is 13.8 Å². The summed E-state index contributed by atoms with van der Waals surface area (Å²) in [6.07, 6.45) is 1.72. The molecule has 1 heterocycles. The summed E-state index contributed by atoms with van der Waals surface area (Å²) in [4.78, 5) is 20.4. The minimum absolute atomic E-state index is 0.133. The molecular formula is C23H29ClN4O3. The Morgan fingerprint density at radius 2 is 1.97 bits per heavy atom. The van der Waals surface area contributed by atoms with Crippen LogP contribution in [0.1, 0.15) is 53.5 Å². The van der Waals surface area contributed by atoms with Crippen LogP contribution in [0.15, 0.2) is 30.5 Å². The van der Waals surface area contributed by atoms with Crippen molar-refractivity contribution in [2.75, 3.05) is 6.61 Å². The van der Waals surface area contributed by atoms with Crippen molar-refractivity contribution in [1.29, 1.82) is 5.26 Å². The standard InChI is InChI=1S/C23H29ClN4O3/c1-15(2)12-23(6,28-21(29)31-22(3,4)5)14-30-19-8-7-16(11-17(19)13-25)18-9-10-26-20(24)27-18/h7-11,15H,12,14H2,1-6H3,(H,28,29)/t23-/m0/s1. The molecule has 0 aliphatic heterocycles. The normalized spacial score (nSPS) is 13.3. The number of carbonyl (C=O) groups excluding carboxylic acids is 1. The lowest BCUT2D eigenvalue weighted by atomic mass is 9.91. The Balaban J connectivity index is 2.20. The minimum Gasteiger partial charge on any atom is -0.490 e. The highest BCUT2D eigenvalue weighted by atomic mass is 35.5. The number of hydrogen-bond acceptors (Lipinski definition) is 6. The fraction of sp³-hybridized carbons (Fsp3) is 0.478. The second-order valence-corrected chi connectivity index (χ2v) is 9.45. The van der Waals surface area contributed by atoms with Gasteiger partial charge in [0, 0.05) is 11.8 Å². The Labute approximate surface area is 188 Å². The van der Waals surface area contributed by atoms with Gasteiger partial charge < -0.3 is 14.8 Å². The topological polar surface area (TPSA) is 97.1 Å². The second-order valence-electron chi connectivity index (χ2n) is 9.11. The molecule has 0 unspecified atom stereocenters. The predicted octanol–water partition coefficient (Wildman–Crippen LogP) is 5.38. The molecule has 0 bridgehead atoms. The quantitative estimate of drug-likeness (QED) is 0.576. The van der Waals surface area contributed by atoms with Crippen LogP contribution in [0.25, 0.3) is 11.3 Å². The van der Waals surface area contributed by atoms with Crippen LogP contribution in [0, 0.1) is 17.2 Å². The first-order chi connectivity index (χ1) is 14.4. The predicted molar refractivity (Wildman–Crippen MR) is 120 cm³/mol. The molecular weight excluding hydrogens is 416 g/mol. The summed E-state index contributed by atoms with van der Waals surface area (Å²) < 4.78 is 11.4. The maximum absolute atomic E-state index is 12.4. The molecule has 0 saturated heterocycles. The zero-order chi connectivity index (χ0) is 23.2. The number of halogens is 1. The van der Waals surface area contributed by atoms with E-state index in [0.717, 1.165) is 5.56 Å². The SMILES string of the molecule is CC(C)C[C@@](C)(COc1ccc(-c2ccnc(Cl)n2)cc1C#N)NC(=O)OC(C)(C)C. The third kappa shape index (κ3) is 7.72. The molecule has 2 rings (SSSR count). The van der Waals surface area contributed by atoms with E-state index >= 15 is 0 Å². The highest BCUT2D eigenvalue weighted by Crippen LogP contribution is 2.27. The zero-order valence-corrected chi connectivity index (χ0v) is 19.6. The van der Waals surface area contributed by atoms with E-state index in [1.54, 1.807) is 30.5 Å². The minimum atomic E-state index is -0.678. The first kappa shape index (κ1) is 24.4. The van der Waals surface area contributed by atoms with E-state index < -0.39 is 17.2 Å². The van der Waals surface area contributed by atoms with Gasteiger partial charge >= 0.3 is 6.09 Å². The monoisotopic (exact) mass is 444 g/mol. The third-order valence-electron chi connectivity index (χ3n) is 4.23. The van der Waals surface area contributed by atoms with Crippen LogP contribution in [0.3, 0.4) is 0 Å². The fourth-order valence-corrected chi connectivity index (χ4v) is 3.38. The number of nitriles is 1. The Morgan fingerprint density at radius 1 is 1.26 bits per heavy atom. The van der Waals surface area contributed by atoms with E-state index in [0.29, 0.717) is 29.3 Å². The molecule has 0 saturated carbocycles. The van der Waals surface area contributed by atoms with E-state index in [-0.39, 0.29) is 11.9 Å². The van der Waals surface area contributed by atoms with Gasteiger partial charge in [0.15, 0.2) is 0 Å². The van der Waals surface area contributed by atoms with Gasteiger partial charge in [0.05, 0.1) is 16.8 Å². The zero-order valence-electron chi connectivity index (χ0n) is 18.8. The lowest BCUT2D eigenvalue weighted by Gasteiger charge is -2.33. The van der Waals surface area contributed by atoms with Gasteiger partial charge in [-0.15, -0.1) is 0 Å². The Kier molecular flexibility index (Phi) is 7.85. The third-order valence-corrected chi connectivity index (χ3v) is 4.41. The Morgan fingerprint density at radius 3 is 2.55 bits per heavy atom. The molecule has 8 heteroatoms. The number of nitrogens with one attached hydrogen (secondary N) is 1. The van der Waals surface area contributed by atoms with E-state index in [1.165, 1.54) is 0 Å². The molecule has 1 N–H and O–H groups in total. The van der Waals surface area contributed by atoms with E-state index in [2.05, 4.69) is 35.2 Å². The number of benzene rings is 1. The average molecular weight is 445 g/mol. The van der Waals surface area contributed by atoms with Crippen LogP contribution in [0.4, 0.5) is 4.79 Å². The summed E-state index contributed by atoms with van der Waals surface area (Å²) in [5.74, 6) is 0.733. The van der Waals surface area contributed by atoms with Crippen molar-refractivity contribution in [3.8, 4) is 23.1 Å². The van der Waals surface area contributed by atoms with Crippen molar-refractivity contribution in [2.45, 2.75) is 59.1 Å². The number of amides is 1. The summed E-state index contributed by atoms with van der Waals surface area (Å²) in [6.45, 7) is 11.7. The molecule has 2 aromatic rings. The molecule has 31 heavy (non-hydrogen) atoms. The molecule has 0 radical (unpaired) electrons. The first-order valence-electron chi connectivity index (χ1n) is 10.1. The molecule has 1 aromatic carbocycles. The summed E-state index contributed by atoms with van der Waals surface area (Å²) in [7, 11) is 0. The first-order valence-corrected chi connectivity index (χ1v) is 10.5. The van der Waals surface area contributed by atoms with E-state index in [4.69, 9.17) is 21.1 Å². The van der Waals surface area contributed by atoms with E-state index in [9.17, 15) is 10.1 Å². The van der Waals surface area contributed by atoms with Crippen molar-refractivity contribution >= 4 is 17.7 Å². The number of hydrogen-bond donors (Lipinski definition) is 1. The van der Waals surface area contributed by atoms with Crippen molar-refractivity contribution in [3.05, 3.63) is 41.3 Å². The van der Waals surface area contributed by atoms with Crippen molar-refractivity contribution in [3.63, 3.8) is 0 Å². The lowest BCUT2D eigenvalue weighted by Crippen LogP contribution is -2.52. The maximum atomic E-state index is 12.4. The average Bonchev–Trinajstić information content (AvgIpc) is 2.64. The van der Waals surface area contributed by atoms with Crippen LogP contribution in [0.2, 0.25) is 5.28 Å². The molecule has 0 aliphatic rings. The van der Waals surface area contributed by atoms with Crippen molar-refractivity contribution < 1.29 is 14.3 Å². The largest absolute Gasteiger partial charge is 0.490 e. The number of aromatic nitrogens is 2. The lowest BCUT2D eigenvalue weighted by molar-refractivity contribution is 0.0408. The molecule has 166 valence electrons. The van der Waals surface area contributed by atoms with E-state index in [1.807, 2.05) is 27.7 Å². The second kappa shape index (κ2) is 9.97. The molecule has 0 fully saturated rings. The molecule has 7 nitrogen and oxygen atoms in total. The van der Waals surface area contributed by atoms with Crippen LogP contribution in [0.5, 0.6) is 5.75 Å². The number of nitrogens with zero attached hydrogens (tertiary/aromatic N) is 3. The molecule has 1 atom stereocenters. The van der Waals surface area contributed by atoms with Gasteiger partial charge in [-0.2, -0.15) is 5.26 Å². The Hall–Kier alpha value is -2.85. The van der Waals surface area contributed by atoms with Crippen LogP contribution in [-0.4, -0.2) is 33.8 Å².